The molecule has 130 valence electrons. The van der Waals surface area contributed by atoms with Gasteiger partial charge in [0.25, 0.3) is 0 Å². The summed E-state index contributed by atoms with van der Waals surface area (Å²) < 4.78 is 10.3. The minimum Gasteiger partial charge on any atom is -0.459 e. The lowest BCUT2D eigenvalue weighted by Crippen LogP contribution is -2.40. The van der Waals surface area contributed by atoms with Gasteiger partial charge in [0.1, 0.15) is 17.2 Å². The van der Waals surface area contributed by atoms with E-state index < -0.39 is 29.3 Å². The molecule has 0 bridgehead atoms. The van der Waals surface area contributed by atoms with Crippen molar-refractivity contribution in [3.8, 4) is 0 Å². The molecule has 0 fully saturated rings. The fraction of sp³-hybridized carbons (Fsp3) is 0.867. The summed E-state index contributed by atoms with van der Waals surface area (Å²) in [5, 5.41) is 11.7. The number of esters is 1. The zero-order valence-corrected chi connectivity index (χ0v) is 14.5. The average Bonchev–Trinajstić information content (AvgIpc) is 2.28. The molecule has 0 saturated heterocycles. The molecular formula is C15H30N2O5. The molecule has 0 aliphatic heterocycles. The Kier molecular flexibility index (Phi) is 8.40. The van der Waals surface area contributed by atoms with Crippen LogP contribution in [0.3, 0.4) is 0 Å². The van der Waals surface area contributed by atoms with E-state index in [2.05, 4.69) is 5.32 Å². The van der Waals surface area contributed by atoms with E-state index in [1.54, 1.807) is 41.5 Å². The van der Waals surface area contributed by atoms with Gasteiger partial charge >= 0.3 is 12.1 Å². The summed E-state index contributed by atoms with van der Waals surface area (Å²) in [4.78, 5) is 23.2. The standard InChI is InChI=1S/C15H30N2O5/c1-14(2,3)21-12(18)11(17-20)9-7-8-10-16-13(19)22-15(4,5)6/h11,17,20H,7-10H2,1-6H3,(H,16,19)/t11-/m0/s1. The van der Waals surface area contributed by atoms with Gasteiger partial charge in [-0.05, 0) is 60.8 Å². The minimum atomic E-state index is -0.763. The van der Waals surface area contributed by atoms with Crippen LogP contribution in [-0.4, -0.2) is 41.1 Å². The van der Waals surface area contributed by atoms with Gasteiger partial charge < -0.3 is 20.0 Å². The van der Waals surface area contributed by atoms with Crippen LogP contribution in [0, 0.1) is 0 Å². The van der Waals surface area contributed by atoms with E-state index >= 15 is 0 Å². The van der Waals surface area contributed by atoms with Crippen LogP contribution in [0.2, 0.25) is 0 Å². The maximum Gasteiger partial charge on any atom is 0.407 e. The summed E-state index contributed by atoms with van der Waals surface area (Å²) in [6.07, 6.45) is 1.27. The van der Waals surface area contributed by atoms with Crippen LogP contribution in [0.15, 0.2) is 0 Å². The molecule has 7 heteroatoms. The predicted octanol–water partition coefficient (Wildman–Crippen LogP) is 2.37. The van der Waals surface area contributed by atoms with Gasteiger partial charge in [-0.2, -0.15) is 5.48 Å². The molecular weight excluding hydrogens is 288 g/mol. The molecule has 1 amide bonds. The number of nitrogens with one attached hydrogen (secondary N) is 2. The highest BCUT2D eigenvalue weighted by Crippen LogP contribution is 2.11. The lowest BCUT2D eigenvalue weighted by atomic mass is 10.1. The highest BCUT2D eigenvalue weighted by atomic mass is 16.6. The van der Waals surface area contributed by atoms with Gasteiger partial charge in [0.15, 0.2) is 0 Å². The Balaban J connectivity index is 3.93. The first-order chi connectivity index (χ1) is 9.94. The van der Waals surface area contributed by atoms with Crippen molar-refractivity contribution in [2.24, 2.45) is 0 Å². The van der Waals surface area contributed by atoms with Crippen molar-refractivity contribution in [3.63, 3.8) is 0 Å². The maximum absolute atomic E-state index is 11.8. The highest BCUT2D eigenvalue weighted by Gasteiger charge is 2.24. The molecule has 0 saturated carbocycles. The summed E-state index contributed by atoms with van der Waals surface area (Å²) in [7, 11) is 0. The van der Waals surface area contributed by atoms with Crippen molar-refractivity contribution in [2.45, 2.75) is 78.0 Å². The third kappa shape index (κ3) is 11.3. The summed E-state index contributed by atoms with van der Waals surface area (Å²) in [6, 6.07) is -0.763. The highest BCUT2D eigenvalue weighted by molar-refractivity contribution is 5.75. The van der Waals surface area contributed by atoms with E-state index in [1.165, 1.54) is 0 Å². The SMILES string of the molecule is CC(C)(C)OC(=O)NCCCC[C@H](NO)C(=O)OC(C)(C)C. The van der Waals surface area contributed by atoms with Gasteiger partial charge in [-0.1, -0.05) is 0 Å². The number of amides is 1. The predicted molar refractivity (Wildman–Crippen MR) is 82.6 cm³/mol. The first-order valence-electron chi connectivity index (χ1n) is 7.54. The fourth-order valence-corrected chi connectivity index (χ4v) is 1.59. The fourth-order valence-electron chi connectivity index (χ4n) is 1.59. The number of hydroxylamine groups is 1. The Morgan fingerprint density at radius 3 is 2.00 bits per heavy atom. The maximum atomic E-state index is 11.8. The molecule has 0 aliphatic carbocycles. The van der Waals surface area contributed by atoms with E-state index in [-0.39, 0.29) is 0 Å². The van der Waals surface area contributed by atoms with E-state index in [4.69, 9.17) is 14.7 Å². The topological polar surface area (TPSA) is 96.9 Å². The van der Waals surface area contributed by atoms with Crippen LogP contribution < -0.4 is 10.8 Å². The molecule has 0 aromatic rings. The van der Waals surface area contributed by atoms with Gasteiger partial charge in [0, 0.05) is 6.54 Å². The Morgan fingerprint density at radius 2 is 1.55 bits per heavy atom. The van der Waals surface area contributed by atoms with E-state index in [9.17, 15) is 9.59 Å². The second-order valence-electron chi connectivity index (χ2n) is 7.14. The smallest absolute Gasteiger partial charge is 0.407 e. The zero-order valence-electron chi connectivity index (χ0n) is 14.5. The second kappa shape index (κ2) is 8.95. The number of hydrogen-bond acceptors (Lipinski definition) is 6. The quantitative estimate of drug-likeness (QED) is 0.379. The number of carbonyl (C=O) groups is 2. The number of rotatable bonds is 7. The number of carbonyl (C=O) groups excluding carboxylic acids is 2. The summed E-state index contributed by atoms with van der Waals surface area (Å²) in [5.74, 6) is -0.491. The van der Waals surface area contributed by atoms with Gasteiger partial charge in [-0.3, -0.25) is 4.79 Å². The van der Waals surface area contributed by atoms with Crippen molar-refractivity contribution in [1.82, 2.24) is 10.8 Å². The molecule has 0 aromatic carbocycles. The number of ether oxygens (including phenoxy) is 2. The van der Waals surface area contributed by atoms with Crippen LogP contribution in [0.5, 0.6) is 0 Å². The Hall–Kier alpha value is -1.34. The molecule has 22 heavy (non-hydrogen) atoms. The van der Waals surface area contributed by atoms with Gasteiger partial charge in [0.2, 0.25) is 0 Å². The van der Waals surface area contributed by atoms with Gasteiger partial charge in [-0.25, -0.2) is 4.79 Å². The van der Waals surface area contributed by atoms with E-state index in [1.807, 2.05) is 5.48 Å². The summed E-state index contributed by atoms with van der Waals surface area (Å²) in [6.45, 7) is 11.1. The van der Waals surface area contributed by atoms with Crippen molar-refractivity contribution in [1.29, 1.82) is 0 Å². The van der Waals surface area contributed by atoms with Gasteiger partial charge in [-0.15, -0.1) is 0 Å². The monoisotopic (exact) mass is 318 g/mol. The van der Waals surface area contributed by atoms with E-state index in [0.717, 1.165) is 0 Å². The lowest BCUT2D eigenvalue weighted by Gasteiger charge is -2.23. The van der Waals surface area contributed by atoms with Crippen LogP contribution in [0.1, 0.15) is 60.8 Å². The first kappa shape index (κ1) is 20.7. The molecule has 0 aliphatic rings. The largest absolute Gasteiger partial charge is 0.459 e. The molecule has 7 nitrogen and oxygen atoms in total. The van der Waals surface area contributed by atoms with Gasteiger partial charge in [0.05, 0.1) is 0 Å². The van der Waals surface area contributed by atoms with Crippen LogP contribution >= 0.6 is 0 Å². The zero-order chi connectivity index (χ0) is 17.4. The van der Waals surface area contributed by atoms with Crippen LogP contribution in [0.25, 0.3) is 0 Å². The van der Waals surface area contributed by atoms with Crippen molar-refractivity contribution >= 4 is 12.1 Å². The first-order valence-corrected chi connectivity index (χ1v) is 7.54. The molecule has 0 spiro atoms. The molecule has 0 unspecified atom stereocenters. The summed E-state index contributed by atoms with van der Waals surface area (Å²) >= 11 is 0. The third-order valence-electron chi connectivity index (χ3n) is 2.43. The number of alkyl carbamates (subject to hydrolysis) is 1. The Morgan fingerprint density at radius 1 is 1.00 bits per heavy atom. The van der Waals surface area contributed by atoms with E-state index in [0.29, 0.717) is 25.8 Å². The minimum absolute atomic E-state index is 0.418. The average molecular weight is 318 g/mol. The normalized spacial score (nSPS) is 13.4. The lowest BCUT2D eigenvalue weighted by molar-refractivity contribution is -0.160. The molecule has 0 radical (unpaired) electrons. The van der Waals surface area contributed by atoms with Crippen molar-refractivity contribution in [3.05, 3.63) is 0 Å². The molecule has 0 rings (SSSR count). The molecule has 3 N–H and O–H groups in total. The Bertz CT molecular complexity index is 358. The molecule has 0 heterocycles. The van der Waals surface area contributed by atoms with Crippen LogP contribution in [-0.2, 0) is 14.3 Å². The summed E-state index contributed by atoms with van der Waals surface area (Å²) in [5.41, 5.74) is 0.855. The van der Waals surface area contributed by atoms with Crippen molar-refractivity contribution < 1.29 is 24.3 Å². The second-order valence-corrected chi connectivity index (χ2v) is 7.14. The van der Waals surface area contributed by atoms with Crippen molar-refractivity contribution in [2.75, 3.05) is 6.54 Å². The third-order valence-corrected chi connectivity index (χ3v) is 2.43. The number of hydrogen-bond donors (Lipinski definition) is 3. The molecule has 1 atom stereocenters. The molecule has 0 aromatic heterocycles. The number of unbranched alkanes of at least 4 members (excludes halogenated alkanes) is 1. The Labute approximate surface area is 132 Å². The van der Waals surface area contributed by atoms with Crippen LogP contribution in [0.4, 0.5) is 4.79 Å².